The lowest BCUT2D eigenvalue weighted by Gasteiger charge is -2.32. The van der Waals surface area contributed by atoms with Gasteiger partial charge in [-0.05, 0) is 12.1 Å². The predicted molar refractivity (Wildman–Crippen MR) is 60.5 cm³/mol. The molecule has 1 aromatic heterocycles. The summed E-state index contributed by atoms with van der Waals surface area (Å²) in [4.78, 5) is 35.3. The van der Waals surface area contributed by atoms with E-state index in [1.54, 1.807) is 0 Å². The predicted octanol–water partition coefficient (Wildman–Crippen LogP) is -0.696. The second-order valence-corrected chi connectivity index (χ2v) is 3.96. The van der Waals surface area contributed by atoms with Gasteiger partial charge in [0.05, 0.1) is 13.2 Å². The molecular weight excluding hydrogens is 256 g/mol. The fourth-order valence-corrected chi connectivity index (χ4v) is 1.79. The van der Waals surface area contributed by atoms with E-state index >= 15 is 0 Å². The van der Waals surface area contributed by atoms with Crippen molar-refractivity contribution in [3.8, 4) is 0 Å². The second-order valence-electron chi connectivity index (χ2n) is 3.96. The molecule has 3 N–H and O–H groups in total. The Hall–Kier alpha value is -2.35. The molecule has 0 aliphatic carbocycles. The Kier molecular flexibility index (Phi) is 3.52. The third kappa shape index (κ3) is 2.58. The lowest BCUT2D eigenvalue weighted by Crippen LogP contribution is -2.54. The Morgan fingerprint density at radius 2 is 2.00 bits per heavy atom. The highest BCUT2D eigenvalue weighted by Gasteiger charge is 2.33. The van der Waals surface area contributed by atoms with Gasteiger partial charge < -0.3 is 24.9 Å². The van der Waals surface area contributed by atoms with Crippen molar-refractivity contribution < 1.29 is 28.6 Å². The van der Waals surface area contributed by atoms with Crippen LogP contribution in [0.4, 0.5) is 0 Å². The molecule has 2 heterocycles. The first-order valence-corrected chi connectivity index (χ1v) is 5.52. The minimum atomic E-state index is -1.27. The summed E-state index contributed by atoms with van der Waals surface area (Å²) in [7, 11) is 0. The van der Waals surface area contributed by atoms with Crippen LogP contribution in [0.5, 0.6) is 0 Å². The van der Waals surface area contributed by atoms with Crippen LogP contribution in [0.2, 0.25) is 0 Å². The van der Waals surface area contributed by atoms with Gasteiger partial charge in [-0.3, -0.25) is 9.59 Å². The highest BCUT2D eigenvalue weighted by Crippen LogP contribution is 2.15. The number of carbonyl (C=O) groups excluding carboxylic acids is 2. The quantitative estimate of drug-likeness (QED) is 0.747. The minimum Gasteiger partial charge on any atom is -0.475 e. The van der Waals surface area contributed by atoms with E-state index in [4.69, 9.17) is 20.0 Å². The molecule has 1 aliphatic heterocycles. The Bertz CT molecular complexity index is 523. The molecule has 1 atom stereocenters. The summed E-state index contributed by atoms with van der Waals surface area (Å²) >= 11 is 0. The van der Waals surface area contributed by atoms with Crippen LogP contribution in [0.1, 0.15) is 21.1 Å². The zero-order valence-corrected chi connectivity index (χ0v) is 9.87. The fourth-order valence-electron chi connectivity index (χ4n) is 1.79. The van der Waals surface area contributed by atoms with Crippen molar-refractivity contribution in [2.24, 2.45) is 5.73 Å². The number of amides is 2. The molecule has 0 saturated carbocycles. The van der Waals surface area contributed by atoms with E-state index in [2.05, 4.69) is 0 Å². The van der Waals surface area contributed by atoms with Crippen LogP contribution < -0.4 is 5.73 Å². The number of primary amides is 1. The number of nitrogens with zero attached hydrogens (tertiary/aromatic N) is 1. The van der Waals surface area contributed by atoms with Gasteiger partial charge in [0.25, 0.3) is 5.91 Å². The summed E-state index contributed by atoms with van der Waals surface area (Å²) in [5.74, 6) is -3.03. The van der Waals surface area contributed by atoms with E-state index in [1.807, 2.05) is 0 Å². The molecule has 2 rings (SSSR count). The van der Waals surface area contributed by atoms with Gasteiger partial charge in [0.15, 0.2) is 5.76 Å². The lowest BCUT2D eigenvalue weighted by molar-refractivity contribution is -0.127. The maximum atomic E-state index is 12.1. The first kappa shape index (κ1) is 13.1. The molecule has 8 heteroatoms. The van der Waals surface area contributed by atoms with E-state index in [9.17, 15) is 14.4 Å². The third-order valence-corrected chi connectivity index (χ3v) is 2.75. The molecule has 1 unspecified atom stereocenters. The molecule has 0 radical (unpaired) electrons. The summed E-state index contributed by atoms with van der Waals surface area (Å²) in [5.41, 5.74) is 5.19. The summed E-state index contributed by atoms with van der Waals surface area (Å²) in [6.45, 7) is 0.491. The smallest absolute Gasteiger partial charge is 0.371 e. The fraction of sp³-hybridized carbons (Fsp3) is 0.364. The van der Waals surface area contributed by atoms with Crippen molar-refractivity contribution in [2.75, 3.05) is 19.8 Å². The van der Waals surface area contributed by atoms with Crippen molar-refractivity contribution in [3.63, 3.8) is 0 Å². The summed E-state index contributed by atoms with van der Waals surface area (Å²) in [5, 5.41) is 8.72. The van der Waals surface area contributed by atoms with Crippen LogP contribution in [0, 0.1) is 0 Å². The van der Waals surface area contributed by atoms with Crippen LogP contribution in [-0.2, 0) is 9.53 Å². The molecular formula is C11H12N2O6. The zero-order chi connectivity index (χ0) is 14.0. The molecule has 19 heavy (non-hydrogen) atoms. The average Bonchev–Trinajstić information content (AvgIpc) is 2.87. The molecule has 1 aromatic rings. The first-order valence-electron chi connectivity index (χ1n) is 5.52. The molecule has 8 nitrogen and oxygen atoms in total. The van der Waals surface area contributed by atoms with Crippen molar-refractivity contribution in [2.45, 2.75) is 6.04 Å². The Morgan fingerprint density at radius 1 is 1.32 bits per heavy atom. The van der Waals surface area contributed by atoms with E-state index < -0.39 is 23.8 Å². The number of furan rings is 1. The Morgan fingerprint density at radius 3 is 2.58 bits per heavy atom. The SMILES string of the molecule is NC(=O)C1COCCN1C(=O)c1ccc(C(=O)O)o1. The van der Waals surface area contributed by atoms with Crippen LogP contribution in [0.25, 0.3) is 0 Å². The Balaban J connectivity index is 2.21. The number of carboxylic acid groups (broad SMARTS) is 1. The van der Waals surface area contributed by atoms with Gasteiger partial charge in [0.2, 0.25) is 11.7 Å². The largest absolute Gasteiger partial charge is 0.475 e. The van der Waals surface area contributed by atoms with Crippen LogP contribution in [-0.4, -0.2) is 53.6 Å². The molecule has 102 valence electrons. The van der Waals surface area contributed by atoms with E-state index in [1.165, 1.54) is 17.0 Å². The van der Waals surface area contributed by atoms with Crippen molar-refractivity contribution in [1.82, 2.24) is 4.90 Å². The van der Waals surface area contributed by atoms with Gasteiger partial charge in [-0.25, -0.2) is 4.79 Å². The number of carboxylic acids is 1. The van der Waals surface area contributed by atoms with Gasteiger partial charge in [-0.1, -0.05) is 0 Å². The molecule has 0 bridgehead atoms. The summed E-state index contributed by atoms with van der Waals surface area (Å²) in [6, 6.07) is 1.55. The number of morpholine rings is 1. The van der Waals surface area contributed by atoms with Gasteiger partial charge >= 0.3 is 5.97 Å². The standard InChI is InChI=1S/C11H12N2O6/c12-9(14)6-5-18-4-3-13(6)10(15)7-1-2-8(19-7)11(16)17/h1-2,6H,3-5H2,(H2,12,14)(H,16,17). The van der Waals surface area contributed by atoms with Crippen LogP contribution >= 0.6 is 0 Å². The molecule has 0 aromatic carbocycles. The molecule has 1 fully saturated rings. The number of carbonyl (C=O) groups is 3. The lowest BCUT2D eigenvalue weighted by atomic mass is 10.2. The molecule has 0 spiro atoms. The van der Waals surface area contributed by atoms with E-state index in [-0.39, 0.29) is 31.3 Å². The van der Waals surface area contributed by atoms with Crippen LogP contribution in [0.3, 0.4) is 0 Å². The number of hydrogen-bond acceptors (Lipinski definition) is 5. The number of aromatic carboxylic acids is 1. The van der Waals surface area contributed by atoms with E-state index in [0.29, 0.717) is 0 Å². The van der Waals surface area contributed by atoms with E-state index in [0.717, 1.165) is 0 Å². The van der Waals surface area contributed by atoms with Gasteiger partial charge in [-0.2, -0.15) is 0 Å². The van der Waals surface area contributed by atoms with Gasteiger partial charge in [-0.15, -0.1) is 0 Å². The number of hydrogen-bond donors (Lipinski definition) is 2. The normalized spacial score (nSPS) is 19.2. The van der Waals surface area contributed by atoms with Crippen LogP contribution in [0.15, 0.2) is 16.5 Å². The Labute approximate surface area is 107 Å². The number of rotatable bonds is 3. The van der Waals surface area contributed by atoms with Crippen molar-refractivity contribution in [3.05, 3.63) is 23.7 Å². The highest BCUT2D eigenvalue weighted by atomic mass is 16.5. The average molecular weight is 268 g/mol. The van der Waals surface area contributed by atoms with Crippen molar-refractivity contribution >= 4 is 17.8 Å². The second kappa shape index (κ2) is 5.11. The number of ether oxygens (including phenoxy) is 1. The van der Waals surface area contributed by atoms with Gasteiger partial charge in [0.1, 0.15) is 6.04 Å². The summed E-state index contributed by atoms with van der Waals surface area (Å²) in [6.07, 6.45) is 0. The maximum absolute atomic E-state index is 12.1. The summed E-state index contributed by atoms with van der Waals surface area (Å²) < 4.78 is 9.99. The third-order valence-electron chi connectivity index (χ3n) is 2.75. The molecule has 1 aliphatic rings. The first-order chi connectivity index (χ1) is 9.00. The van der Waals surface area contributed by atoms with Gasteiger partial charge in [0, 0.05) is 6.54 Å². The van der Waals surface area contributed by atoms with Crippen molar-refractivity contribution in [1.29, 1.82) is 0 Å². The molecule has 2 amide bonds. The minimum absolute atomic E-state index is 0.0214. The topological polar surface area (TPSA) is 123 Å². The maximum Gasteiger partial charge on any atom is 0.371 e. The zero-order valence-electron chi connectivity index (χ0n) is 9.87. The molecule has 1 saturated heterocycles. The highest BCUT2D eigenvalue weighted by molar-refractivity contribution is 5.96. The number of nitrogens with two attached hydrogens (primary N) is 1. The monoisotopic (exact) mass is 268 g/mol.